The van der Waals surface area contributed by atoms with E-state index in [2.05, 4.69) is 213 Å². The number of hydrogen-bond acceptors (Lipinski definition) is 2. The van der Waals surface area contributed by atoms with Crippen molar-refractivity contribution in [1.82, 2.24) is 0 Å². The van der Waals surface area contributed by atoms with Crippen molar-refractivity contribution in [3.63, 3.8) is 0 Å². The van der Waals surface area contributed by atoms with Crippen LogP contribution in [-0.2, 0) is 18.4 Å². The van der Waals surface area contributed by atoms with E-state index in [1.165, 1.54) is 81.8 Å². The highest BCUT2D eigenvalue weighted by Crippen LogP contribution is 2.46. The van der Waals surface area contributed by atoms with Gasteiger partial charge in [0.05, 0.1) is 0 Å². The van der Waals surface area contributed by atoms with Gasteiger partial charge >= 0.3 is 0 Å². The fourth-order valence-corrected chi connectivity index (χ4v) is 7.86. The first-order valence-corrected chi connectivity index (χ1v) is 19.9. The minimum absolute atomic E-state index is 0.149. The van der Waals surface area contributed by atoms with Gasteiger partial charge in [-0.15, -0.1) is 0 Å². The number of aryl methyl sites for hydroxylation is 4. The second-order valence-electron chi connectivity index (χ2n) is 14.8. The zero-order valence-corrected chi connectivity index (χ0v) is 32.5. The lowest BCUT2D eigenvalue weighted by atomic mass is 9.79. The van der Waals surface area contributed by atoms with Crippen LogP contribution in [0.25, 0.3) is 0 Å². The van der Waals surface area contributed by atoms with E-state index in [-0.39, 0.29) is 5.92 Å². The summed E-state index contributed by atoms with van der Waals surface area (Å²) < 4.78 is 0. The molecule has 0 spiro atoms. The minimum Gasteiger partial charge on any atom is -0.324 e. The zero-order valence-electron chi connectivity index (χ0n) is 32.5. The molecular formula is C52H54N2. The highest BCUT2D eigenvalue weighted by molar-refractivity contribution is 5.79. The molecule has 0 heterocycles. The molecule has 0 unspecified atom stereocenters. The van der Waals surface area contributed by atoms with Gasteiger partial charge in [-0.25, -0.2) is 0 Å². The maximum absolute atomic E-state index is 2.53. The Morgan fingerprint density at radius 2 is 0.944 bits per heavy atom. The molecule has 0 saturated carbocycles. The first-order valence-electron chi connectivity index (χ1n) is 19.9. The van der Waals surface area contributed by atoms with E-state index in [0.29, 0.717) is 0 Å². The first-order chi connectivity index (χ1) is 26.5. The van der Waals surface area contributed by atoms with Gasteiger partial charge in [-0.3, -0.25) is 0 Å². The molecule has 6 aromatic rings. The summed E-state index contributed by atoms with van der Waals surface area (Å²) in [7, 11) is 0. The summed E-state index contributed by atoms with van der Waals surface area (Å²) in [6, 6.07) is 56.0. The highest BCUT2D eigenvalue weighted by atomic mass is 15.2. The van der Waals surface area contributed by atoms with E-state index in [1.54, 1.807) is 0 Å². The molecule has 0 bridgehead atoms. The van der Waals surface area contributed by atoms with E-state index in [9.17, 15) is 0 Å². The topological polar surface area (TPSA) is 6.48 Å². The smallest absolute Gasteiger partial charge is 0.107 e. The molecule has 54 heavy (non-hydrogen) atoms. The van der Waals surface area contributed by atoms with Gasteiger partial charge in [0.2, 0.25) is 0 Å². The predicted molar refractivity (Wildman–Crippen MR) is 232 cm³/mol. The number of hydrogen-bond donors (Lipinski definition) is 0. The molecule has 0 saturated heterocycles. The molecule has 2 nitrogen and oxygen atoms in total. The third-order valence-electron chi connectivity index (χ3n) is 11.0. The Kier molecular flexibility index (Phi) is 11.6. The summed E-state index contributed by atoms with van der Waals surface area (Å²) in [5.74, 6) is 0.149. The van der Waals surface area contributed by atoms with Gasteiger partial charge < -0.3 is 9.80 Å². The second kappa shape index (κ2) is 17.0. The van der Waals surface area contributed by atoms with Gasteiger partial charge in [-0.05, 0) is 121 Å². The molecule has 2 heteroatoms. The summed E-state index contributed by atoms with van der Waals surface area (Å²) in [5, 5.41) is 0. The van der Waals surface area contributed by atoms with E-state index in [0.717, 1.165) is 18.5 Å². The molecule has 0 atom stereocenters. The van der Waals surface area contributed by atoms with Crippen LogP contribution in [0.2, 0.25) is 0 Å². The number of unbranched alkanes of at least 4 members (excludes halogenated alkanes) is 2. The summed E-state index contributed by atoms with van der Waals surface area (Å²) in [4.78, 5) is 4.92. The zero-order chi connectivity index (χ0) is 37.3. The average molecular weight is 707 g/mol. The Morgan fingerprint density at radius 1 is 0.481 bits per heavy atom. The molecular weight excluding hydrogens is 653 g/mol. The fourth-order valence-electron chi connectivity index (χ4n) is 7.86. The Morgan fingerprint density at radius 3 is 1.46 bits per heavy atom. The lowest BCUT2D eigenvalue weighted by molar-refractivity contribution is 0.660. The number of rotatable bonds is 14. The molecule has 272 valence electrons. The Balaban J connectivity index is 1.24. The van der Waals surface area contributed by atoms with E-state index in [1.807, 2.05) is 0 Å². The molecule has 7 rings (SSSR count). The van der Waals surface area contributed by atoms with Crippen molar-refractivity contribution in [2.45, 2.75) is 77.7 Å². The Bertz CT molecular complexity index is 2140. The van der Waals surface area contributed by atoms with Crippen molar-refractivity contribution < 1.29 is 0 Å². The lowest BCUT2D eigenvalue weighted by Gasteiger charge is -2.44. The molecule has 0 fully saturated rings. The standard InChI is InChI=1S/C52H54N2/c1-5-7-18-42-24-30-47(31-25-42)53(50-22-14-12-16-40(50)3)48-34-28-44(29-35-48)45-36-38-52(39-37-45,46-20-10-9-11-21-46)54(51-23-15-13-17-41(51)4)49-32-26-43(27-33-49)19-8-6-2/h9-17,20-39,45H,5-8,18-19H2,1-4H3. The normalized spacial score (nSPS) is 16.3. The van der Waals surface area contributed by atoms with Crippen molar-refractivity contribution in [3.8, 4) is 0 Å². The molecule has 6 aromatic carbocycles. The number of para-hydroxylation sites is 2. The monoisotopic (exact) mass is 706 g/mol. The van der Waals surface area contributed by atoms with Crippen molar-refractivity contribution in [2.75, 3.05) is 9.80 Å². The summed E-state index contributed by atoms with van der Waals surface area (Å²) in [6.07, 6.45) is 16.7. The largest absolute Gasteiger partial charge is 0.324 e. The fraction of sp³-hybridized carbons (Fsp3) is 0.231. The maximum Gasteiger partial charge on any atom is 0.107 e. The number of anilines is 5. The first kappa shape index (κ1) is 36.7. The third kappa shape index (κ3) is 7.85. The molecule has 1 aliphatic rings. The molecule has 0 N–H and O–H groups in total. The molecule has 0 amide bonds. The van der Waals surface area contributed by atoms with E-state index in [4.69, 9.17) is 0 Å². The van der Waals surface area contributed by atoms with Crippen LogP contribution in [0.15, 0.2) is 176 Å². The van der Waals surface area contributed by atoms with Crippen LogP contribution in [0.3, 0.4) is 0 Å². The maximum atomic E-state index is 2.53. The molecule has 1 aliphatic carbocycles. The highest BCUT2D eigenvalue weighted by Gasteiger charge is 2.38. The Labute approximate surface area is 324 Å². The number of allylic oxidation sites excluding steroid dienone is 2. The quantitative estimate of drug-likeness (QED) is 0.104. The van der Waals surface area contributed by atoms with E-state index >= 15 is 0 Å². The van der Waals surface area contributed by atoms with Gasteiger partial charge in [0, 0.05) is 34.4 Å². The van der Waals surface area contributed by atoms with Gasteiger partial charge in [0.15, 0.2) is 0 Å². The predicted octanol–water partition coefficient (Wildman–Crippen LogP) is 14.4. The third-order valence-corrected chi connectivity index (χ3v) is 11.0. The average Bonchev–Trinajstić information content (AvgIpc) is 3.22. The van der Waals surface area contributed by atoms with Crippen molar-refractivity contribution in [3.05, 3.63) is 209 Å². The molecule has 0 radical (unpaired) electrons. The van der Waals surface area contributed by atoms with Crippen molar-refractivity contribution >= 4 is 28.4 Å². The van der Waals surface area contributed by atoms with Crippen molar-refractivity contribution in [2.24, 2.45) is 0 Å². The number of nitrogens with zero attached hydrogens (tertiary/aromatic N) is 2. The molecule has 0 aromatic heterocycles. The number of benzene rings is 6. The van der Waals surface area contributed by atoms with E-state index < -0.39 is 5.54 Å². The summed E-state index contributed by atoms with van der Waals surface area (Å²) in [5.41, 5.74) is 13.2. The SMILES string of the molecule is CCCCc1ccc(N(c2ccc(C3C=CC(c4ccccc4)(N(c4ccc(CCCC)cc4)c4ccccc4C)C=C3)cc2)c2ccccc2C)cc1. The summed E-state index contributed by atoms with van der Waals surface area (Å²) >= 11 is 0. The van der Waals surface area contributed by atoms with Crippen molar-refractivity contribution in [1.29, 1.82) is 0 Å². The van der Waals surface area contributed by atoms with Gasteiger partial charge in [-0.2, -0.15) is 0 Å². The van der Waals surface area contributed by atoms with Crippen LogP contribution < -0.4 is 9.80 Å². The van der Waals surface area contributed by atoms with Gasteiger partial charge in [0.25, 0.3) is 0 Å². The molecule has 0 aliphatic heterocycles. The lowest BCUT2D eigenvalue weighted by Crippen LogP contribution is -2.42. The van der Waals surface area contributed by atoms with Crippen LogP contribution in [0.4, 0.5) is 28.4 Å². The van der Waals surface area contributed by atoms with Crippen LogP contribution >= 0.6 is 0 Å². The minimum atomic E-state index is -0.514. The van der Waals surface area contributed by atoms with Gasteiger partial charge in [-0.1, -0.05) is 154 Å². The summed E-state index contributed by atoms with van der Waals surface area (Å²) in [6.45, 7) is 8.93. The Hall–Kier alpha value is -5.60. The van der Waals surface area contributed by atoms with Crippen LogP contribution in [-0.4, -0.2) is 0 Å². The van der Waals surface area contributed by atoms with Gasteiger partial charge in [0.1, 0.15) is 5.54 Å². The van der Waals surface area contributed by atoms with Crippen LogP contribution in [0.1, 0.15) is 78.8 Å². The van der Waals surface area contributed by atoms with Crippen LogP contribution in [0.5, 0.6) is 0 Å². The second-order valence-corrected chi connectivity index (χ2v) is 14.8. The van der Waals surface area contributed by atoms with Crippen LogP contribution in [0, 0.1) is 13.8 Å².